The van der Waals surface area contributed by atoms with Crippen LogP contribution in [-0.2, 0) is 14.6 Å². The quantitative estimate of drug-likeness (QED) is 0.757. The van der Waals surface area contributed by atoms with E-state index in [1.807, 2.05) is 0 Å². The van der Waals surface area contributed by atoms with Gasteiger partial charge in [0.15, 0.2) is 9.84 Å². The fraction of sp³-hybridized carbons (Fsp3) is 0.364. The second kappa shape index (κ2) is 4.03. The molecule has 1 amide bonds. The summed E-state index contributed by atoms with van der Waals surface area (Å²) < 4.78 is 22.9. The van der Waals surface area contributed by atoms with Gasteiger partial charge >= 0.3 is 0 Å². The summed E-state index contributed by atoms with van der Waals surface area (Å²) in [5.74, 6) is -0.0286. The number of sulfone groups is 1. The number of nitrogens with one attached hydrogen (secondary N) is 1. The second-order valence-corrected chi connectivity index (χ2v) is 6.24. The SMILES string of the molecule is CS(=O)(=O)c1ccc(N)c([C@H]2CCC(=O)N2)c1. The molecule has 0 spiro atoms. The lowest BCUT2D eigenvalue weighted by atomic mass is 10.0. The van der Waals surface area contributed by atoms with Crippen LogP contribution in [0.4, 0.5) is 5.69 Å². The van der Waals surface area contributed by atoms with Crippen molar-refractivity contribution in [3.8, 4) is 0 Å². The number of hydrogen-bond donors (Lipinski definition) is 2. The van der Waals surface area contributed by atoms with E-state index < -0.39 is 9.84 Å². The van der Waals surface area contributed by atoms with Crippen molar-refractivity contribution < 1.29 is 13.2 Å². The number of benzene rings is 1. The third-order valence-electron chi connectivity index (χ3n) is 2.86. The van der Waals surface area contributed by atoms with Crippen LogP contribution in [0.3, 0.4) is 0 Å². The molecule has 0 aliphatic carbocycles. The van der Waals surface area contributed by atoms with Gasteiger partial charge in [0.2, 0.25) is 5.91 Å². The molecule has 1 aliphatic heterocycles. The maximum atomic E-state index is 11.4. The van der Waals surface area contributed by atoms with E-state index >= 15 is 0 Å². The summed E-state index contributed by atoms with van der Waals surface area (Å²) in [6, 6.07) is 4.41. The molecule has 1 heterocycles. The molecule has 0 bridgehead atoms. The number of nitrogen functional groups attached to an aromatic ring is 1. The fourth-order valence-corrected chi connectivity index (χ4v) is 2.59. The smallest absolute Gasteiger partial charge is 0.220 e. The average molecular weight is 254 g/mol. The number of amides is 1. The Hall–Kier alpha value is -1.56. The predicted molar refractivity (Wildman–Crippen MR) is 64.1 cm³/mol. The number of nitrogens with two attached hydrogens (primary N) is 1. The highest BCUT2D eigenvalue weighted by Crippen LogP contribution is 2.30. The molecule has 0 radical (unpaired) electrons. The molecule has 92 valence electrons. The van der Waals surface area contributed by atoms with Crippen molar-refractivity contribution >= 4 is 21.4 Å². The summed E-state index contributed by atoms with van der Waals surface area (Å²) in [6.07, 6.45) is 2.25. The molecule has 1 aromatic carbocycles. The first-order chi connectivity index (χ1) is 7.88. The van der Waals surface area contributed by atoms with Crippen molar-refractivity contribution in [2.24, 2.45) is 0 Å². The number of anilines is 1. The lowest BCUT2D eigenvalue weighted by Gasteiger charge is -2.14. The Balaban J connectivity index is 2.43. The molecule has 6 heteroatoms. The van der Waals surface area contributed by atoms with Crippen molar-refractivity contribution in [3.05, 3.63) is 23.8 Å². The largest absolute Gasteiger partial charge is 0.398 e. The van der Waals surface area contributed by atoms with E-state index in [-0.39, 0.29) is 16.8 Å². The van der Waals surface area contributed by atoms with Crippen LogP contribution in [0.5, 0.6) is 0 Å². The van der Waals surface area contributed by atoms with Crippen LogP contribution < -0.4 is 11.1 Å². The lowest BCUT2D eigenvalue weighted by molar-refractivity contribution is -0.119. The Morgan fingerprint density at radius 2 is 2.12 bits per heavy atom. The number of rotatable bonds is 2. The minimum Gasteiger partial charge on any atom is -0.398 e. The van der Waals surface area contributed by atoms with Gasteiger partial charge in [-0.15, -0.1) is 0 Å². The zero-order valence-electron chi connectivity index (χ0n) is 9.43. The van der Waals surface area contributed by atoms with Gasteiger partial charge in [-0.25, -0.2) is 8.42 Å². The number of hydrogen-bond acceptors (Lipinski definition) is 4. The van der Waals surface area contributed by atoms with Gasteiger partial charge in [0, 0.05) is 18.4 Å². The van der Waals surface area contributed by atoms with E-state index in [4.69, 9.17) is 5.73 Å². The van der Waals surface area contributed by atoms with Crippen LogP contribution in [0.25, 0.3) is 0 Å². The zero-order chi connectivity index (χ0) is 12.6. The van der Waals surface area contributed by atoms with E-state index in [1.54, 1.807) is 12.1 Å². The van der Waals surface area contributed by atoms with Gasteiger partial charge in [0.25, 0.3) is 0 Å². The molecule has 0 saturated carbocycles. The molecule has 1 aromatic rings. The van der Waals surface area contributed by atoms with E-state index in [0.717, 1.165) is 6.26 Å². The van der Waals surface area contributed by atoms with Crippen molar-refractivity contribution in [1.29, 1.82) is 0 Å². The summed E-state index contributed by atoms with van der Waals surface area (Å²) in [4.78, 5) is 11.4. The Labute approximate surface area is 99.9 Å². The number of carbonyl (C=O) groups excluding carboxylic acids is 1. The highest BCUT2D eigenvalue weighted by Gasteiger charge is 2.24. The molecule has 0 aromatic heterocycles. The van der Waals surface area contributed by atoms with Crippen molar-refractivity contribution in [2.75, 3.05) is 12.0 Å². The van der Waals surface area contributed by atoms with Gasteiger partial charge in [-0.2, -0.15) is 0 Å². The zero-order valence-corrected chi connectivity index (χ0v) is 10.3. The van der Waals surface area contributed by atoms with Gasteiger partial charge < -0.3 is 11.1 Å². The molecule has 0 unspecified atom stereocenters. The van der Waals surface area contributed by atoms with Crippen LogP contribution >= 0.6 is 0 Å². The third kappa shape index (κ3) is 2.41. The first kappa shape index (κ1) is 11.9. The molecular formula is C11H14N2O3S. The van der Waals surface area contributed by atoms with Crippen molar-refractivity contribution in [2.45, 2.75) is 23.8 Å². The maximum absolute atomic E-state index is 11.4. The molecule has 17 heavy (non-hydrogen) atoms. The van der Waals surface area contributed by atoms with E-state index in [9.17, 15) is 13.2 Å². The standard InChI is InChI=1S/C11H14N2O3S/c1-17(15,16)7-2-3-9(12)8(6-7)10-4-5-11(14)13-10/h2-3,6,10H,4-5,12H2,1H3,(H,13,14)/t10-/m1/s1. The summed E-state index contributed by atoms with van der Waals surface area (Å²) in [6.45, 7) is 0. The van der Waals surface area contributed by atoms with Crippen LogP contribution in [-0.4, -0.2) is 20.6 Å². The fourth-order valence-electron chi connectivity index (χ4n) is 1.93. The second-order valence-electron chi connectivity index (χ2n) is 4.22. The van der Waals surface area contributed by atoms with Crippen LogP contribution in [0.15, 0.2) is 23.1 Å². The Kier molecular flexibility index (Phi) is 2.82. The molecule has 3 N–H and O–H groups in total. The minimum absolute atomic E-state index is 0.0286. The highest BCUT2D eigenvalue weighted by atomic mass is 32.2. The van der Waals surface area contributed by atoms with Crippen molar-refractivity contribution in [1.82, 2.24) is 5.32 Å². The molecule has 2 rings (SSSR count). The number of carbonyl (C=O) groups is 1. The summed E-state index contributed by atoms with van der Waals surface area (Å²) >= 11 is 0. The first-order valence-corrected chi connectivity index (χ1v) is 7.16. The van der Waals surface area contributed by atoms with Gasteiger partial charge in [-0.1, -0.05) is 0 Å². The van der Waals surface area contributed by atoms with E-state index in [1.165, 1.54) is 6.07 Å². The Morgan fingerprint density at radius 3 is 2.65 bits per heavy atom. The third-order valence-corrected chi connectivity index (χ3v) is 3.97. The summed E-state index contributed by atoms with van der Waals surface area (Å²) in [5, 5.41) is 2.78. The van der Waals surface area contributed by atoms with Crippen LogP contribution in [0, 0.1) is 0 Å². The average Bonchev–Trinajstić information content (AvgIpc) is 2.63. The van der Waals surface area contributed by atoms with E-state index in [0.29, 0.717) is 24.1 Å². The first-order valence-electron chi connectivity index (χ1n) is 5.27. The van der Waals surface area contributed by atoms with E-state index in [2.05, 4.69) is 5.32 Å². The normalized spacial score (nSPS) is 20.3. The predicted octanol–water partition coefficient (Wildman–Crippen LogP) is 0.623. The van der Waals surface area contributed by atoms with Gasteiger partial charge in [0.1, 0.15) is 0 Å². The monoisotopic (exact) mass is 254 g/mol. The van der Waals surface area contributed by atoms with Crippen LogP contribution in [0.1, 0.15) is 24.4 Å². The highest BCUT2D eigenvalue weighted by molar-refractivity contribution is 7.90. The summed E-state index contributed by atoms with van der Waals surface area (Å²) in [5.41, 5.74) is 7.00. The summed E-state index contributed by atoms with van der Waals surface area (Å²) in [7, 11) is -3.25. The topological polar surface area (TPSA) is 89.3 Å². The Morgan fingerprint density at radius 1 is 1.41 bits per heavy atom. The molecule has 5 nitrogen and oxygen atoms in total. The molecule has 1 aliphatic rings. The Bertz CT molecular complexity index is 566. The van der Waals surface area contributed by atoms with Gasteiger partial charge in [-0.05, 0) is 30.2 Å². The maximum Gasteiger partial charge on any atom is 0.220 e. The molecule has 1 fully saturated rings. The minimum atomic E-state index is -3.25. The molecule has 1 atom stereocenters. The van der Waals surface area contributed by atoms with Gasteiger partial charge in [-0.3, -0.25) is 4.79 Å². The van der Waals surface area contributed by atoms with Gasteiger partial charge in [0.05, 0.1) is 10.9 Å². The lowest BCUT2D eigenvalue weighted by Crippen LogP contribution is -2.19. The van der Waals surface area contributed by atoms with Crippen LogP contribution in [0.2, 0.25) is 0 Å². The molecule has 1 saturated heterocycles. The molecular weight excluding hydrogens is 240 g/mol. The van der Waals surface area contributed by atoms with Crippen molar-refractivity contribution in [3.63, 3.8) is 0 Å².